The molecule has 0 atom stereocenters. The Morgan fingerprint density at radius 3 is 2.69 bits per heavy atom. The van der Waals surface area contributed by atoms with E-state index in [9.17, 15) is 10.1 Å². The third-order valence-corrected chi connectivity index (χ3v) is 2.44. The molecule has 16 heavy (non-hydrogen) atoms. The molecule has 3 nitrogen and oxygen atoms in total. The molecular weight excluding hydrogens is 202 g/mol. The van der Waals surface area contributed by atoms with Crippen molar-refractivity contribution in [2.45, 2.75) is 6.92 Å². The van der Waals surface area contributed by atoms with Gasteiger partial charge in [-0.2, -0.15) is 0 Å². The summed E-state index contributed by atoms with van der Waals surface area (Å²) < 4.78 is 0. The van der Waals surface area contributed by atoms with Crippen LogP contribution < -0.4 is 0 Å². The first kappa shape index (κ1) is 10.4. The fourth-order valence-electron chi connectivity index (χ4n) is 1.73. The van der Waals surface area contributed by atoms with E-state index in [1.54, 1.807) is 18.2 Å². The highest BCUT2D eigenvalue weighted by atomic mass is 16.6. The van der Waals surface area contributed by atoms with E-state index in [0.717, 1.165) is 11.1 Å². The average molecular weight is 212 g/mol. The second-order valence-corrected chi connectivity index (χ2v) is 3.52. The second kappa shape index (κ2) is 4.14. The van der Waals surface area contributed by atoms with E-state index in [-0.39, 0.29) is 10.6 Å². The molecule has 2 rings (SSSR count). The largest absolute Gasteiger partial charge is 0.277 e. The predicted molar refractivity (Wildman–Crippen MR) is 62.1 cm³/mol. The number of hydrogen-bond acceptors (Lipinski definition) is 2. The molecule has 3 heteroatoms. The molecule has 2 aromatic rings. The summed E-state index contributed by atoms with van der Waals surface area (Å²) in [6, 6.07) is 15.2. The monoisotopic (exact) mass is 212 g/mol. The number of hydrogen-bond donors (Lipinski definition) is 0. The van der Waals surface area contributed by atoms with Gasteiger partial charge in [0.15, 0.2) is 0 Å². The van der Waals surface area contributed by atoms with Crippen LogP contribution in [-0.2, 0) is 0 Å². The van der Waals surface area contributed by atoms with Gasteiger partial charge in [0, 0.05) is 6.07 Å². The van der Waals surface area contributed by atoms with Gasteiger partial charge in [-0.05, 0) is 30.2 Å². The highest BCUT2D eigenvalue weighted by molar-refractivity contribution is 5.76. The minimum Gasteiger partial charge on any atom is -0.258 e. The van der Waals surface area contributed by atoms with E-state index in [1.807, 2.05) is 25.1 Å². The van der Waals surface area contributed by atoms with Crippen LogP contribution in [0.1, 0.15) is 5.56 Å². The van der Waals surface area contributed by atoms with Crippen molar-refractivity contribution in [1.29, 1.82) is 0 Å². The average Bonchev–Trinajstić information content (AvgIpc) is 2.29. The van der Waals surface area contributed by atoms with Crippen molar-refractivity contribution in [3.05, 3.63) is 64.2 Å². The van der Waals surface area contributed by atoms with E-state index in [2.05, 4.69) is 6.07 Å². The lowest BCUT2D eigenvalue weighted by Crippen LogP contribution is -1.93. The van der Waals surface area contributed by atoms with Crippen LogP contribution in [0.3, 0.4) is 0 Å². The molecule has 0 spiro atoms. The summed E-state index contributed by atoms with van der Waals surface area (Å²) in [6.45, 7) is 1.87. The Morgan fingerprint density at radius 1 is 1.25 bits per heavy atom. The molecule has 0 aliphatic heterocycles. The molecule has 2 aromatic carbocycles. The number of aryl methyl sites for hydroxylation is 1. The molecule has 1 radical (unpaired) electrons. The molecule has 79 valence electrons. The van der Waals surface area contributed by atoms with Crippen LogP contribution in [0.4, 0.5) is 5.69 Å². The predicted octanol–water partition coefficient (Wildman–Crippen LogP) is 3.37. The van der Waals surface area contributed by atoms with Crippen LogP contribution in [0.25, 0.3) is 11.1 Å². The first-order valence-corrected chi connectivity index (χ1v) is 4.90. The summed E-state index contributed by atoms with van der Waals surface area (Å²) in [5.41, 5.74) is 2.53. The summed E-state index contributed by atoms with van der Waals surface area (Å²) in [6.07, 6.45) is 0. The summed E-state index contributed by atoms with van der Waals surface area (Å²) in [5, 5.41) is 10.9. The van der Waals surface area contributed by atoms with Gasteiger partial charge in [0.2, 0.25) is 0 Å². The second-order valence-electron chi connectivity index (χ2n) is 3.52. The number of nitro benzene ring substituents is 1. The first-order chi connectivity index (χ1) is 7.70. The Kier molecular flexibility index (Phi) is 2.68. The minimum absolute atomic E-state index is 0.139. The van der Waals surface area contributed by atoms with Gasteiger partial charge < -0.3 is 0 Å². The van der Waals surface area contributed by atoms with Gasteiger partial charge in [-0.15, -0.1) is 0 Å². The molecule has 0 unspecified atom stereocenters. The van der Waals surface area contributed by atoms with E-state index < -0.39 is 0 Å². The van der Waals surface area contributed by atoms with Crippen molar-refractivity contribution in [1.82, 2.24) is 0 Å². The zero-order chi connectivity index (χ0) is 11.5. The van der Waals surface area contributed by atoms with Crippen LogP contribution in [-0.4, -0.2) is 4.92 Å². The third kappa shape index (κ3) is 1.80. The normalized spacial score (nSPS) is 10.1. The number of rotatable bonds is 2. The topological polar surface area (TPSA) is 43.1 Å². The highest BCUT2D eigenvalue weighted by Gasteiger charge is 2.16. The van der Waals surface area contributed by atoms with E-state index >= 15 is 0 Å². The lowest BCUT2D eigenvalue weighted by atomic mass is 9.99. The maximum Gasteiger partial charge on any atom is 0.277 e. The summed E-state index contributed by atoms with van der Waals surface area (Å²) in [5.74, 6) is 0. The molecule has 0 saturated heterocycles. The third-order valence-electron chi connectivity index (χ3n) is 2.44. The molecule has 0 fully saturated rings. The number of nitro groups is 1. The first-order valence-electron chi connectivity index (χ1n) is 4.90. The number of benzene rings is 2. The molecular formula is C13H10NO2. The van der Waals surface area contributed by atoms with E-state index in [1.165, 1.54) is 6.07 Å². The van der Waals surface area contributed by atoms with E-state index in [4.69, 9.17) is 0 Å². The summed E-state index contributed by atoms with van der Waals surface area (Å²) >= 11 is 0. The molecule has 0 aromatic heterocycles. The lowest BCUT2D eigenvalue weighted by molar-refractivity contribution is -0.384. The standard InChI is InChI=1S/C13H10NO2/c1-10-6-5-9-12(14(15)16)13(10)11-7-3-2-4-8-11/h2-3,5-9H,1H3. The fourth-order valence-corrected chi connectivity index (χ4v) is 1.73. The molecule has 0 aliphatic rings. The summed E-state index contributed by atoms with van der Waals surface area (Å²) in [4.78, 5) is 10.6. The van der Waals surface area contributed by atoms with Gasteiger partial charge in [-0.25, -0.2) is 0 Å². The lowest BCUT2D eigenvalue weighted by Gasteiger charge is -2.06. The van der Waals surface area contributed by atoms with Gasteiger partial charge in [-0.1, -0.05) is 30.3 Å². The van der Waals surface area contributed by atoms with Crippen molar-refractivity contribution in [3.63, 3.8) is 0 Å². The summed E-state index contributed by atoms with van der Waals surface area (Å²) in [7, 11) is 0. The van der Waals surface area contributed by atoms with Gasteiger partial charge in [0.05, 0.1) is 10.5 Å². The Hall–Kier alpha value is -2.16. The Bertz CT molecular complexity index is 521. The molecule has 0 bridgehead atoms. The van der Waals surface area contributed by atoms with Crippen molar-refractivity contribution in [2.75, 3.05) is 0 Å². The van der Waals surface area contributed by atoms with Crippen molar-refractivity contribution < 1.29 is 4.92 Å². The van der Waals surface area contributed by atoms with Crippen LogP contribution in [0.15, 0.2) is 42.5 Å². The Balaban J connectivity index is 2.68. The maximum absolute atomic E-state index is 10.9. The quantitative estimate of drug-likeness (QED) is 0.565. The van der Waals surface area contributed by atoms with Crippen LogP contribution in [0, 0.1) is 23.1 Å². The van der Waals surface area contributed by atoms with Crippen LogP contribution >= 0.6 is 0 Å². The maximum atomic E-state index is 10.9. The molecule has 0 N–H and O–H groups in total. The van der Waals surface area contributed by atoms with Crippen molar-refractivity contribution in [3.8, 4) is 11.1 Å². The molecule has 0 saturated carbocycles. The van der Waals surface area contributed by atoms with E-state index in [0.29, 0.717) is 5.56 Å². The van der Waals surface area contributed by atoms with Crippen LogP contribution in [0.2, 0.25) is 0 Å². The Morgan fingerprint density at radius 2 is 2.06 bits per heavy atom. The number of nitrogens with zero attached hydrogens (tertiary/aromatic N) is 1. The zero-order valence-corrected chi connectivity index (χ0v) is 8.81. The van der Waals surface area contributed by atoms with Gasteiger partial charge in [0.25, 0.3) is 5.69 Å². The fraction of sp³-hybridized carbons (Fsp3) is 0.0769. The van der Waals surface area contributed by atoms with Crippen molar-refractivity contribution >= 4 is 5.69 Å². The Labute approximate surface area is 93.5 Å². The van der Waals surface area contributed by atoms with Crippen LogP contribution in [0.5, 0.6) is 0 Å². The SMILES string of the molecule is Cc1cccc([N+](=O)[O-])c1-c1c[c]ccc1. The zero-order valence-electron chi connectivity index (χ0n) is 8.81. The molecule has 0 aliphatic carbocycles. The van der Waals surface area contributed by atoms with Gasteiger partial charge >= 0.3 is 0 Å². The molecule has 0 amide bonds. The minimum atomic E-state index is -0.352. The smallest absolute Gasteiger partial charge is 0.258 e. The van der Waals surface area contributed by atoms with Gasteiger partial charge in [-0.3, -0.25) is 10.1 Å². The van der Waals surface area contributed by atoms with Gasteiger partial charge in [0.1, 0.15) is 0 Å². The molecule has 0 heterocycles. The van der Waals surface area contributed by atoms with Crippen molar-refractivity contribution in [2.24, 2.45) is 0 Å². The highest BCUT2D eigenvalue weighted by Crippen LogP contribution is 2.32.